The number of benzene rings is 5. The number of para-hydroxylation sites is 1. The van der Waals surface area contributed by atoms with Crippen molar-refractivity contribution < 1.29 is 0 Å². The molecular weight excluding hydrogens is 388 g/mol. The number of aromatic nitrogens is 1. The molecule has 2 heterocycles. The molecule has 32 heavy (non-hydrogen) atoms. The largest absolute Gasteiger partial charge is 0.327 e. The van der Waals surface area contributed by atoms with Crippen LogP contribution in [0, 0.1) is 0 Å². The summed E-state index contributed by atoms with van der Waals surface area (Å²) in [6, 6.07) is 37.9. The van der Waals surface area contributed by atoms with Gasteiger partial charge in [-0.3, -0.25) is 4.57 Å². The number of rotatable bonds is 1. The van der Waals surface area contributed by atoms with Gasteiger partial charge >= 0.3 is 0 Å². The first kappa shape index (κ1) is 17.6. The summed E-state index contributed by atoms with van der Waals surface area (Å²) in [5, 5.41) is 6.38. The fraction of sp³-hybridized carbons (Fsp3) is 0.0667. The molecule has 1 aromatic heterocycles. The van der Waals surface area contributed by atoms with E-state index in [1.54, 1.807) is 0 Å². The molecule has 1 aliphatic heterocycles. The number of anilines is 2. The third-order valence-corrected chi connectivity index (χ3v) is 6.83. The van der Waals surface area contributed by atoms with Gasteiger partial charge in [0, 0.05) is 23.1 Å². The molecule has 7 rings (SSSR count). The zero-order valence-corrected chi connectivity index (χ0v) is 17.9. The third-order valence-electron chi connectivity index (χ3n) is 6.83. The molecular formula is C30H22N2. The predicted molar refractivity (Wildman–Crippen MR) is 136 cm³/mol. The summed E-state index contributed by atoms with van der Waals surface area (Å²) < 4.78 is 2.45. The van der Waals surface area contributed by atoms with Gasteiger partial charge in [-0.1, -0.05) is 66.7 Å². The summed E-state index contributed by atoms with van der Waals surface area (Å²) in [4.78, 5) is 2.46. The Kier molecular flexibility index (Phi) is 3.57. The van der Waals surface area contributed by atoms with E-state index in [1.807, 2.05) is 0 Å². The lowest BCUT2D eigenvalue weighted by molar-refractivity contribution is 0.969. The lowest BCUT2D eigenvalue weighted by Crippen LogP contribution is -2.18. The van der Waals surface area contributed by atoms with E-state index in [1.165, 1.54) is 60.8 Å². The molecule has 1 aliphatic rings. The van der Waals surface area contributed by atoms with Crippen LogP contribution < -0.4 is 4.90 Å². The maximum atomic E-state index is 2.46. The van der Waals surface area contributed by atoms with Gasteiger partial charge in [0.05, 0.1) is 16.9 Å². The highest BCUT2D eigenvalue weighted by Crippen LogP contribution is 2.47. The van der Waals surface area contributed by atoms with Crippen molar-refractivity contribution >= 4 is 44.0 Å². The van der Waals surface area contributed by atoms with E-state index in [0.717, 1.165) is 6.54 Å². The topological polar surface area (TPSA) is 8.17 Å². The van der Waals surface area contributed by atoms with Gasteiger partial charge in [-0.15, -0.1) is 0 Å². The zero-order valence-electron chi connectivity index (χ0n) is 17.9. The fourth-order valence-corrected chi connectivity index (χ4v) is 5.35. The fourth-order valence-electron chi connectivity index (χ4n) is 5.35. The Morgan fingerprint density at radius 2 is 1.16 bits per heavy atom. The average Bonchev–Trinajstić information content (AvgIpc) is 3.15. The van der Waals surface area contributed by atoms with Crippen molar-refractivity contribution in [3.63, 3.8) is 0 Å². The molecule has 5 aromatic carbocycles. The van der Waals surface area contributed by atoms with Gasteiger partial charge in [0.15, 0.2) is 0 Å². The van der Waals surface area contributed by atoms with Gasteiger partial charge < -0.3 is 4.90 Å². The molecule has 0 amide bonds. The summed E-state index contributed by atoms with van der Waals surface area (Å²) in [6.07, 6.45) is 0. The Bertz CT molecular complexity index is 1670. The predicted octanol–water partition coefficient (Wildman–Crippen LogP) is 8.08. The first-order chi connectivity index (χ1) is 15.8. The second-order valence-corrected chi connectivity index (χ2v) is 8.57. The molecule has 0 unspecified atom stereocenters. The van der Waals surface area contributed by atoms with Crippen LogP contribution in [0.1, 0.15) is 6.92 Å². The monoisotopic (exact) mass is 410 g/mol. The summed E-state index contributed by atoms with van der Waals surface area (Å²) in [5.74, 6) is 1.22. The van der Waals surface area contributed by atoms with E-state index in [4.69, 9.17) is 0 Å². The van der Waals surface area contributed by atoms with E-state index < -0.39 is 0 Å². The molecule has 6 aromatic rings. The van der Waals surface area contributed by atoms with Crippen molar-refractivity contribution in [3.05, 3.63) is 103 Å². The summed E-state index contributed by atoms with van der Waals surface area (Å²) in [7, 11) is 0. The van der Waals surface area contributed by atoms with E-state index in [-0.39, 0.29) is 0 Å². The standard InChI is InChI=1S/C30H22N2/c1-2-31-29-18-23-12-6-4-10-21(23)16-26(29)25-13-7-8-14-27(25)32-28-17-22-11-5-3-9-20(22)15-24(28)19-30(31)32/h3-19H,2H2,1H3. The van der Waals surface area contributed by atoms with Crippen molar-refractivity contribution in [3.8, 4) is 16.8 Å². The van der Waals surface area contributed by atoms with Gasteiger partial charge in [-0.25, -0.2) is 0 Å². The molecule has 0 aliphatic carbocycles. The van der Waals surface area contributed by atoms with Crippen LogP contribution in [0.25, 0.3) is 49.3 Å². The van der Waals surface area contributed by atoms with Crippen molar-refractivity contribution in [1.82, 2.24) is 4.57 Å². The van der Waals surface area contributed by atoms with Crippen LogP contribution in [0.15, 0.2) is 103 Å². The van der Waals surface area contributed by atoms with Crippen LogP contribution >= 0.6 is 0 Å². The van der Waals surface area contributed by atoms with Crippen molar-refractivity contribution in [2.75, 3.05) is 11.4 Å². The molecule has 0 bridgehead atoms. The Hall–Kier alpha value is -4.04. The van der Waals surface area contributed by atoms with Gasteiger partial charge in [-0.05, 0) is 64.9 Å². The lowest BCUT2D eigenvalue weighted by atomic mass is 9.97. The van der Waals surface area contributed by atoms with Crippen LogP contribution in [0.5, 0.6) is 0 Å². The van der Waals surface area contributed by atoms with Crippen molar-refractivity contribution in [2.45, 2.75) is 6.92 Å². The van der Waals surface area contributed by atoms with Gasteiger partial charge in [0.1, 0.15) is 5.82 Å². The van der Waals surface area contributed by atoms with Crippen molar-refractivity contribution in [1.29, 1.82) is 0 Å². The lowest BCUT2D eigenvalue weighted by Gasteiger charge is -2.24. The molecule has 152 valence electrons. The van der Waals surface area contributed by atoms with Crippen LogP contribution in [0.4, 0.5) is 11.5 Å². The van der Waals surface area contributed by atoms with Crippen LogP contribution in [-0.4, -0.2) is 11.1 Å². The highest BCUT2D eigenvalue weighted by atomic mass is 15.3. The Morgan fingerprint density at radius 1 is 0.531 bits per heavy atom. The van der Waals surface area contributed by atoms with Crippen LogP contribution in [-0.2, 0) is 0 Å². The molecule has 0 saturated carbocycles. The molecule has 0 N–H and O–H groups in total. The normalized spacial score (nSPS) is 12.6. The number of fused-ring (bicyclic) bond motifs is 9. The molecule has 0 fully saturated rings. The smallest absolute Gasteiger partial charge is 0.118 e. The summed E-state index contributed by atoms with van der Waals surface area (Å²) in [6.45, 7) is 3.14. The number of nitrogens with zero attached hydrogens (tertiary/aromatic N) is 2. The Labute approximate surface area is 186 Å². The Morgan fingerprint density at radius 3 is 1.91 bits per heavy atom. The van der Waals surface area contributed by atoms with E-state index in [2.05, 4.69) is 120 Å². The summed E-state index contributed by atoms with van der Waals surface area (Å²) in [5.41, 5.74) is 6.32. The van der Waals surface area contributed by atoms with Gasteiger partial charge in [0.2, 0.25) is 0 Å². The maximum Gasteiger partial charge on any atom is 0.118 e. The Balaban J connectivity index is 1.65. The SMILES string of the molecule is CCN1c2cc3ccccc3cc2-c2ccccc2-n2c1cc1cc3ccccc3cc12. The molecule has 0 atom stereocenters. The highest BCUT2D eigenvalue weighted by Gasteiger charge is 2.26. The molecule has 0 radical (unpaired) electrons. The quantitative estimate of drug-likeness (QED) is 0.266. The first-order valence-corrected chi connectivity index (χ1v) is 11.3. The van der Waals surface area contributed by atoms with Gasteiger partial charge in [0.25, 0.3) is 0 Å². The molecule has 0 saturated heterocycles. The zero-order chi connectivity index (χ0) is 21.2. The van der Waals surface area contributed by atoms with Crippen molar-refractivity contribution in [2.24, 2.45) is 0 Å². The molecule has 2 nitrogen and oxygen atoms in total. The number of hydrogen-bond donors (Lipinski definition) is 0. The minimum Gasteiger partial charge on any atom is -0.327 e. The third kappa shape index (κ3) is 2.35. The summed E-state index contributed by atoms with van der Waals surface area (Å²) >= 11 is 0. The second-order valence-electron chi connectivity index (χ2n) is 8.57. The minimum absolute atomic E-state index is 0.898. The second kappa shape index (κ2) is 6.48. The van der Waals surface area contributed by atoms with Crippen LogP contribution in [0.3, 0.4) is 0 Å². The maximum absolute atomic E-state index is 2.46. The molecule has 2 heteroatoms. The van der Waals surface area contributed by atoms with E-state index in [9.17, 15) is 0 Å². The van der Waals surface area contributed by atoms with E-state index >= 15 is 0 Å². The van der Waals surface area contributed by atoms with Gasteiger partial charge in [-0.2, -0.15) is 0 Å². The van der Waals surface area contributed by atoms with E-state index in [0.29, 0.717) is 0 Å². The first-order valence-electron chi connectivity index (χ1n) is 11.3. The molecule has 0 spiro atoms. The number of hydrogen-bond acceptors (Lipinski definition) is 1. The van der Waals surface area contributed by atoms with Crippen LogP contribution in [0.2, 0.25) is 0 Å². The minimum atomic E-state index is 0.898. The highest BCUT2D eigenvalue weighted by molar-refractivity contribution is 6.04. The average molecular weight is 411 g/mol.